The molecule has 0 saturated carbocycles. The third kappa shape index (κ3) is 5.83. The summed E-state index contributed by atoms with van der Waals surface area (Å²) in [7, 11) is 1.66. The predicted octanol–water partition coefficient (Wildman–Crippen LogP) is 4.40. The number of amides is 1. The van der Waals surface area contributed by atoms with Crippen molar-refractivity contribution in [3.05, 3.63) is 65.2 Å². The molecule has 0 spiro atoms. The van der Waals surface area contributed by atoms with Gasteiger partial charge >= 0.3 is 0 Å². The van der Waals surface area contributed by atoms with Crippen LogP contribution in [-0.4, -0.2) is 37.2 Å². The van der Waals surface area contributed by atoms with Gasteiger partial charge in [0.1, 0.15) is 5.75 Å². The Bertz CT molecular complexity index is 751. The molecule has 0 aliphatic carbocycles. The van der Waals surface area contributed by atoms with Gasteiger partial charge in [0.05, 0.1) is 13.2 Å². The Balaban J connectivity index is 1.64. The number of rotatable bonds is 9. The van der Waals surface area contributed by atoms with E-state index in [1.165, 1.54) is 11.1 Å². The third-order valence-electron chi connectivity index (χ3n) is 5.37. The molecular weight excluding hydrogens is 350 g/mol. The lowest BCUT2D eigenvalue weighted by Gasteiger charge is -2.26. The maximum atomic E-state index is 13.0. The Labute approximate surface area is 168 Å². The maximum Gasteiger partial charge on any atom is 0.223 e. The minimum atomic E-state index is 0.151. The van der Waals surface area contributed by atoms with Gasteiger partial charge in [0.2, 0.25) is 5.91 Å². The fraction of sp³-hybridized carbons (Fsp3) is 0.458. The van der Waals surface area contributed by atoms with Crippen LogP contribution in [0.3, 0.4) is 0 Å². The molecule has 3 rings (SSSR count). The SMILES string of the molecule is CCc1ccc(CCC(=O)N(Cc2cccc(OC)c2)CC2CCCO2)cc1. The van der Waals surface area contributed by atoms with Crippen molar-refractivity contribution in [1.29, 1.82) is 0 Å². The molecule has 2 aromatic carbocycles. The predicted molar refractivity (Wildman–Crippen MR) is 112 cm³/mol. The average Bonchev–Trinajstić information content (AvgIpc) is 3.25. The molecule has 1 aliphatic rings. The van der Waals surface area contributed by atoms with Gasteiger partial charge in [-0.15, -0.1) is 0 Å². The van der Waals surface area contributed by atoms with E-state index in [1.807, 2.05) is 29.2 Å². The highest BCUT2D eigenvalue weighted by atomic mass is 16.5. The highest BCUT2D eigenvalue weighted by molar-refractivity contribution is 5.76. The topological polar surface area (TPSA) is 38.8 Å². The zero-order valence-electron chi connectivity index (χ0n) is 17.0. The lowest BCUT2D eigenvalue weighted by molar-refractivity contribution is -0.133. The fourth-order valence-corrected chi connectivity index (χ4v) is 3.63. The molecule has 0 aromatic heterocycles. The first kappa shape index (κ1) is 20.4. The maximum absolute atomic E-state index is 13.0. The molecule has 4 heteroatoms. The molecule has 2 aromatic rings. The molecule has 1 unspecified atom stereocenters. The number of hydrogen-bond donors (Lipinski definition) is 0. The number of carbonyl (C=O) groups is 1. The van der Waals surface area contributed by atoms with Gasteiger partial charge in [-0.25, -0.2) is 0 Å². The first-order valence-electron chi connectivity index (χ1n) is 10.3. The summed E-state index contributed by atoms with van der Waals surface area (Å²) in [5.41, 5.74) is 3.62. The monoisotopic (exact) mass is 381 g/mol. The molecule has 1 fully saturated rings. The lowest BCUT2D eigenvalue weighted by Crippen LogP contribution is -2.37. The van der Waals surface area contributed by atoms with Crippen molar-refractivity contribution >= 4 is 5.91 Å². The van der Waals surface area contributed by atoms with Gasteiger partial charge in [-0.2, -0.15) is 0 Å². The Morgan fingerprint density at radius 3 is 2.61 bits per heavy atom. The second-order valence-corrected chi connectivity index (χ2v) is 7.43. The molecular formula is C24H31NO3. The van der Waals surface area contributed by atoms with Gasteiger partial charge in [0, 0.05) is 26.1 Å². The summed E-state index contributed by atoms with van der Waals surface area (Å²) in [4.78, 5) is 15.0. The Morgan fingerprint density at radius 1 is 1.14 bits per heavy atom. The van der Waals surface area contributed by atoms with Crippen LogP contribution >= 0.6 is 0 Å². The quantitative estimate of drug-likeness (QED) is 0.646. The van der Waals surface area contributed by atoms with Crippen molar-refractivity contribution in [3.63, 3.8) is 0 Å². The molecule has 0 bridgehead atoms. The first-order chi connectivity index (χ1) is 13.7. The van der Waals surface area contributed by atoms with Crippen LogP contribution in [0.4, 0.5) is 0 Å². The van der Waals surface area contributed by atoms with Crippen LogP contribution in [0.15, 0.2) is 48.5 Å². The van der Waals surface area contributed by atoms with Crippen molar-refractivity contribution < 1.29 is 14.3 Å². The van der Waals surface area contributed by atoms with Crippen molar-refractivity contribution in [1.82, 2.24) is 4.90 Å². The Kier molecular flexibility index (Phi) is 7.49. The van der Waals surface area contributed by atoms with Gasteiger partial charge in [0.15, 0.2) is 0 Å². The standard InChI is InChI=1S/C24H31NO3/c1-3-19-9-11-20(12-10-19)13-14-24(26)25(18-23-8-5-15-28-23)17-21-6-4-7-22(16-21)27-2/h4,6-7,9-12,16,23H,3,5,8,13-15,17-18H2,1-2H3. The second kappa shape index (κ2) is 10.3. The minimum absolute atomic E-state index is 0.151. The van der Waals surface area contributed by atoms with Crippen LogP contribution in [0.5, 0.6) is 5.75 Å². The van der Waals surface area contributed by atoms with E-state index in [0.29, 0.717) is 19.5 Å². The first-order valence-corrected chi connectivity index (χ1v) is 10.3. The lowest BCUT2D eigenvalue weighted by atomic mass is 10.1. The summed E-state index contributed by atoms with van der Waals surface area (Å²) < 4.78 is 11.1. The van der Waals surface area contributed by atoms with Gasteiger partial charge in [-0.1, -0.05) is 43.3 Å². The minimum Gasteiger partial charge on any atom is -0.497 e. The number of benzene rings is 2. The third-order valence-corrected chi connectivity index (χ3v) is 5.37. The van der Waals surface area contributed by atoms with E-state index in [9.17, 15) is 4.79 Å². The van der Waals surface area contributed by atoms with E-state index < -0.39 is 0 Å². The molecule has 28 heavy (non-hydrogen) atoms. The number of carbonyl (C=O) groups excluding carboxylic acids is 1. The number of methoxy groups -OCH3 is 1. The van der Waals surface area contributed by atoms with E-state index in [1.54, 1.807) is 7.11 Å². The Hall–Kier alpha value is -2.33. The van der Waals surface area contributed by atoms with E-state index >= 15 is 0 Å². The van der Waals surface area contributed by atoms with Crippen LogP contribution in [0, 0.1) is 0 Å². The normalized spacial score (nSPS) is 16.1. The summed E-state index contributed by atoms with van der Waals surface area (Å²) in [6, 6.07) is 16.5. The van der Waals surface area contributed by atoms with Gasteiger partial charge < -0.3 is 14.4 Å². The summed E-state index contributed by atoms with van der Waals surface area (Å²) in [6.45, 7) is 4.20. The van der Waals surface area contributed by atoms with Gasteiger partial charge in [-0.05, 0) is 54.5 Å². The van der Waals surface area contributed by atoms with E-state index in [0.717, 1.165) is 43.6 Å². The largest absolute Gasteiger partial charge is 0.497 e. The smallest absolute Gasteiger partial charge is 0.223 e. The summed E-state index contributed by atoms with van der Waals surface area (Å²) in [5, 5.41) is 0. The molecule has 4 nitrogen and oxygen atoms in total. The van der Waals surface area contributed by atoms with Crippen LogP contribution in [-0.2, 0) is 28.9 Å². The highest BCUT2D eigenvalue weighted by Crippen LogP contribution is 2.19. The Morgan fingerprint density at radius 2 is 1.93 bits per heavy atom. The number of nitrogens with zero attached hydrogens (tertiary/aromatic N) is 1. The van der Waals surface area contributed by atoms with Crippen LogP contribution in [0.2, 0.25) is 0 Å². The van der Waals surface area contributed by atoms with Crippen LogP contribution in [0.1, 0.15) is 42.9 Å². The van der Waals surface area contributed by atoms with Crippen molar-refractivity contribution in [2.75, 3.05) is 20.3 Å². The van der Waals surface area contributed by atoms with E-state index in [-0.39, 0.29) is 12.0 Å². The van der Waals surface area contributed by atoms with Crippen LogP contribution < -0.4 is 4.74 Å². The molecule has 1 atom stereocenters. The van der Waals surface area contributed by atoms with Gasteiger partial charge in [-0.3, -0.25) is 4.79 Å². The van der Waals surface area contributed by atoms with Crippen LogP contribution in [0.25, 0.3) is 0 Å². The van der Waals surface area contributed by atoms with E-state index in [2.05, 4.69) is 31.2 Å². The second-order valence-electron chi connectivity index (χ2n) is 7.43. The highest BCUT2D eigenvalue weighted by Gasteiger charge is 2.22. The van der Waals surface area contributed by atoms with E-state index in [4.69, 9.17) is 9.47 Å². The molecule has 1 saturated heterocycles. The van der Waals surface area contributed by atoms with Crippen molar-refractivity contribution in [2.45, 2.75) is 51.7 Å². The summed E-state index contributed by atoms with van der Waals surface area (Å²) in [6.07, 6.45) is 4.58. The number of ether oxygens (including phenoxy) is 2. The molecule has 1 amide bonds. The molecule has 0 radical (unpaired) electrons. The zero-order valence-corrected chi connectivity index (χ0v) is 17.0. The number of hydrogen-bond acceptors (Lipinski definition) is 3. The molecule has 1 aliphatic heterocycles. The summed E-state index contributed by atoms with van der Waals surface area (Å²) in [5.74, 6) is 0.996. The van der Waals surface area contributed by atoms with Crippen molar-refractivity contribution in [2.24, 2.45) is 0 Å². The van der Waals surface area contributed by atoms with Gasteiger partial charge in [0.25, 0.3) is 0 Å². The molecule has 0 N–H and O–H groups in total. The average molecular weight is 382 g/mol. The molecule has 1 heterocycles. The zero-order chi connectivity index (χ0) is 19.8. The summed E-state index contributed by atoms with van der Waals surface area (Å²) >= 11 is 0. The van der Waals surface area contributed by atoms with Crippen molar-refractivity contribution in [3.8, 4) is 5.75 Å². The fourth-order valence-electron chi connectivity index (χ4n) is 3.63. The molecule has 150 valence electrons. The number of aryl methyl sites for hydroxylation is 2.